The third-order valence-corrected chi connectivity index (χ3v) is 4.26. The van der Waals surface area contributed by atoms with Crippen LogP contribution in [0, 0.1) is 0 Å². The monoisotopic (exact) mass is 293 g/mol. The first-order valence-electron chi connectivity index (χ1n) is 7.66. The van der Waals surface area contributed by atoms with Crippen LogP contribution in [0.3, 0.4) is 0 Å². The first-order valence-corrected chi connectivity index (χ1v) is 7.66. The Morgan fingerprint density at radius 1 is 1.38 bits per heavy atom. The van der Waals surface area contributed by atoms with Crippen molar-refractivity contribution in [3.05, 3.63) is 23.8 Å². The van der Waals surface area contributed by atoms with Gasteiger partial charge in [0.1, 0.15) is 11.7 Å². The van der Waals surface area contributed by atoms with Gasteiger partial charge in [-0.2, -0.15) is 0 Å². The number of aliphatic hydroxyl groups is 1. The summed E-state index contributed by atoms with van der Waals surface area (Å²) >= 11 is 0. The lowest BCUT2D eigenvalue weighted by Gasteiger charge is -2.47. The zero-order chi connectivity index (χ0) is 15.6. The second-order valence-corrected chi connectivity index (χ2v) is 6.31. The van der Waals surface area contributed by atoms with E-state index in [0.29, 0.717) is 11.5 Å². The molecule has 0 radical (unpaired) electrons. The molecule has 0 spiro atoms. The molecule has 0 aliphatic carbocycles. The van der Waals surface area contributed by atoms with Crippen molar-refractivity contribution in [2.75, 3.05) is 20.7 Å². The number of methoxy groups -OCH3 is 1. The summed E-state index contributed by atoms with van der Waals surface area (Å²) in [7, 11) is 3.68. The Morgan fingerprint density at radius 2 is 2.10 bits per heavy atom. The number of aliphatic hydroxyl groups excluding tert-OH is 1. The van der Waals surface area contributed by atoms with E-state index in [9.17, 15) is 5.11 Å². The van der Waals surface area contributed by atoms with E-state index in [1.807, 2.05) is 32.0 Å². The van der Waals surface area contributed by atoms with E-state index in [2.05, 4.69) is 18.9 Å². The molecule has 1 N–H and O–H groups in total. The number of unbranched alkanes of at least 4 members (excludes halogenated alkanes) is 1. The van der Waals surface area contributed by atoms with Crippen LogP contribution in [0.15, 0.2) is 18.2 Å². The lowest BCUT2D eigenvalue weighted by molar-refractivity contribution is -0.0760. The summed E-state index contributed by atoms with van der Waals surface area (Å²) in [5.41, 5.74) is 0.325. The van der Waals surface area contributed by atoms with Crippen molar-refractivity contribution >= 4 is 0 Å². The molecule has 4 heteroatoms. The number of fused-ring (bicyclic) bond motifs is 1. The van der Waals surface area contributed by atoms with Crippen molar-refractivity contribution in [1.82, 2.24) is 4.90 Å². The SMILES string of the molecule is CCCCN(C)C1C(O)c2cccc(OC)c2OC1(C)C. The van der Waals surface area contributed by atoms with Crippen LogP contribution < -0.4 is 9.47 Å². The summed E-state index contributed by atoms with van der Waals surface area (Å²) in [5, 5.41) is 10.9. The van der Waals surface area contributed by atoms with E-state index in [-0.39, 0.29) is 6.04 Å². The lowest BCUT2D eigenvalue weighted by atomic mass is 9.85. The second kappa shape index (κ2) is 6.24. The standard InChI is InChI=1S/C17H27NO3/c1-6-7-11-18(4)16-14(19)12-9-8-10-13(20-5)15(12)21-17(16,2)3/h8-10,14,16,19H,6-7,11H2,1-5H3. The van der Waals surface area contributed by atoms with Gasteiger partial charge in [-0.3, -0.25) is 4.90 Å². The van der Waals surface area contributed by atoms with Crippen molar-refractivity contribution in [3.63, 3.8) is 0 Å². The van der Waals surface area contributed by atoms with Gasteiger partial charge in [0.25, 0.3) is 0 Å². The average molecular weight is 293 g/mol. The minimum atomic E-state index is -0.583. The molecule has 0 fully saturated rings. The lowest BCUT2D eigenvalue weighted by Crippen LogP contribution is -2.57. The van der Waals surface area contributed by atoms with Gasteiger partial charge in [0.05, 0.1) is 13.2 Å². The molecule has 0 saturated heterocycles. The maximum atomic E-state index is 10.9. The first-order chi connectivity index (χ1) is 9.92. The molecule has 2 atom stereocenters. The Labute approximate surface area is 127 Å². The third-order valence-electron chi connectivity index (χ3n) is 4.26. The fourth-order valence-corrected chi connectivity index (χ4v) is 3.23. The Balaban J connectivity index is 2.37. The normalized spacial score (nSPS) is 23.6. The summed E-state index contributed by atoms with van der Waals surface area (Å²) in [6.07, 6.45) is 1.67. The fourth-order valence-electron chi connectivity index (χ4n) is 3.23. The zero-order valence-corrected chi connectivity index (χ0v) is 13.7. The summed E-state index contributed by atoms with van der Waals surface area (Å²) in [5.74, 6) is 1.34. The third kappa shape index (κ3) is 3.01. The number of rotatable bonds is 5. The van der Waals surface area contributed by atoms with Gasteiger partial charge in [-0.1, -0.05) is 25.5 Å². The van der Waals surface area contributed by atoms with E-state index in [0.717, 1.165) is 24.9 Å². The summed E-state index contributed by atoms with van der Waals surface area (Å²) < 4.78 is 11.6. The molecule has 1 aliphatic rings. The predicted molar refractivity (Wildman–Crippen MR) is 84.0 cm³/mol. The van der Waals surface area contributed by atoms with Gasteiger partial charge in [0.2, 0.25) is 0 Å². The van der Waals surface area contributed by atoms with Crippen LogP contribution in [0.2, 0.25) is 0 Å². The van der Waals surface area contributed by atoms with Gasteiger partial charge in [-0.15, -0.1) is 0 Å². The topological polar surface area (TPSA) is 41.9 Å². The van der Waals surface area contributed by atoms with Crippen LogP contribution in [-0.2, 0) is 0 Å². The highest BCUT2D eigenvalue weighted by Crippen LogP contribution is 2.46. The molecular weight excluding hydrogens is 266 g/mol. The Hall–Kier alpha value is -1.26. The van der Waals surface area contributed by atoms with Crippen LogP contribution in [0.4, 0.5) is 0 Å². The van der Waals surface area contributed by atoms with Crippen LogP contribution in [-0.4, -0.2) is 42.4 Å². The molecule has 0 aromatic heterocycles. The minimum Gasteiger partial charge on any atom is -0.493 e. The van der Waals surface area contributed by atoms with Gasteiger partial charge in [0, 0.05) is 5.56 Å². The Bertz CT molecular complexity index is 487. The molecule has 1 aromatic carbocycles. The van der Waals surface area contributed by atoms with Crippen molar-refractivity contribution in [1.29, 1.82) is 0 Å². The molecular formula is C17H27NO3. The van der Waals surface area contributed by atoms with Crippen LogP contribution in [0.25, 0.3) is 0 Å². The van der Waals surface area contributed by atoms with E-state index in [4.69, 9.17) is 9.47 Å². The van der Waals surface area contributed by atoms with Gasteiger partial charge >= 0.3 is 0 Å². The molecule has 1 aliphatic heterocycles. The molecule has 1 aromatic rings. The minimum absolute atomic E-state index is 0.0799. The number of benzene rings is 1. The highest BCUT2D eigenvalue weighted by molar-refractivity contribution is 5.50. The number of nitrogens with zero attached hydrogens (tertiary/aromatic N) is 1. The quantitative estimate of drug-likeness (QED) is 0.906. The zero-order valence-electron chi connectivity index (χ0n) is 13.7. The molecule has 21 heavy (non-hydrogen) atoms. The number of hydrogen-bond donors (Lipinski definition) is 1. The van der Waals surface area contributed by atoms with E-state index in [1.165, 1.54) is 0 Å². The van der Waals surface area contributed by atoms with E-state index < -0.39 is 11.7 Å². The van der Waals surface area contributed by atoms with Crippen LogP contribution in [0.5, 0.6) is 11.5 Å². The van der Waals surface area contributed by atoms with Gasteiger partial charge in [-0.25, -0.2) is 0 Å². The molecule has 2 unspecified atom stereocenters. The molecule has 2 rings (SSSR count). The number of ether oxygens (including phenoxy) is 2. The van der Waals surface area contributed by atoms with Crippen molar-refractivity contribution in [2.24, 2.45) is 0 Å². The maximum Gasteiger partial charge on any atom is 0.167 e. The van der Waals surface area contributed by atoms with Gasteiger partial charge in [0.15, 0.2) is 11.5 Å². The smallest absolute Gasteiger partial charge is 0.167 e. The number of likely N-dealkylation sites (N-methyl/N-ethyl adjacent to an activating group) is 1. The van der Waals surface area contributed by atoms with Crippen molar-refractivity contribution in [3.8, 4) is 11.5 Å². The number of hydrogen-bond acceptors (Lipinski definition) is 4. The van der Waals surface area contributed by atoms with Crippen LogP contribution in [0.1, 0.15) is 45.3 Å². The molecule has 4 nitrogen and oxygen atoms in total. The highest BCUT2D eigenvalue weighted by atomic mass is 16.5. The Kier molecular flexibility index (Phi) is 4.79. The molecule has 1 heterocycles. The molecule has 118 valence electrons. The van der Waals surface area contributed by atoms with Crippen molar-refractivity contribution < 1.29 is 14.6 Å². The molecule has 0 bridgehead atoms. The summed E-state index contributed by atoms with van der Waals surface area (Å²) in [4.78, 5) is 2.20. The van der Waals surface area contributed by atoms with E-state index >= 15 is 0 Å². The highest BCUT2D eigenvalue weighted by Gasteiger charge is 2.46. The molecule has 0 saturated carbocycles. The van der Waals surface area contributed by atoms with Gasteiger partial charge < -0.3 is 14.6 Å². The maximum absolute atomic E-state index is 10.9. The first kappa shape index (κ1) is 16.1. The average Bonchev–Trinajstić information content (AvgIpc) is 2.43. The Morgan fingerprint density at radius 3 is 2.71 bits per heavy atom. The molecule has 0 amide bonds. The summed E-state index contributed by atoms with van der Waals surface area (Å²) in [6.45, 7) is 7.18. The predicted octanol–water partition coefficient (Wildman–Crippen LogP) is 3.00. The van der Waals surface area contributed by atoms with Crippen LogP contribution >= 0.6 is 0 Å². The fraction of sp³-hybridized carbons (Fsp3) is 0.647. The largest absolute Gasteiger partial charge is 0.493 e. The van der Waals surface area contributed by atoms with E-state index in [1.54, 1.807) is 7.11 Å². The van der Waals surface area contributed by atoms with Gasteiger partial charge in [-0.05, 0) is 39.9 Å². The van der Waals surface area contributed by atoms with Crippen molar-refractivity contribution in [2.45, 2.75) is 51.4 Å². The summed E-state index contributed by atoms with van der Waals surface area (Å²) in [6, 6.07) is 5.59. The second-order valence-electron chi connectivity index (χ2n) is 6.31. The number of para-hydroxylation sites is 1.